The highest BCUT2D eigenvalue weighted by Crippen LogP contribution is 2.20. The molecule has 15 heavy (non-hydrogen) atoms. The minimum atomic E-state index is 0.506. The quantitative estimate of drug-likeness (QED) is 0.846. The second kappa shape index (κ2) is 5.21. The summed E-state index contributed by atoms with van der Waals surface area (Å²) in [5, 5.41) is 3.32. The number of nitrogens with zero attached hydrogens (tertiary/aromatic N) is 2. The molecule has 0 bridgehead atoms. The van der Waals surface area contributed by atoms with Crippen LogP contribution in [0.15, 0.2) is 12.3 Å². The van der Waals surface area contributed by atoms with Gasteiger partial charge in [-0.15, -0.1) is 0 Å². The summed E-state index contributed by atoms with van der Waals surface area (Å²) in [6.07, 6.45) is 2.91. The van der Waals surface area contributed by atoms with Gasteiger partial charge in [0.25, 0.3) is 0 Å². The van der Waals surface area contributed by atoms with Crippen LogP contribution in [-0.2, 0) is 0 Å². The Kier molecular flexibility index (Phi) is 3.66. The van der Waals surface area contributed by atoms with Crippen LogP contribution in [0, 0.1) is 0 Å². The van der Waals surface area contributed by atoms with E-state index < -0.39 is 0 Å². The molecule has 82 valence electrons. The van der Waals surface area contributed by atoms with Crippen LogP contribution in [0.1, 0.15) is 13.3 Å². The summed E-state index contributed by atoms with van der Waals surface area (Å²) in [7, 11) is 0. The summed E-state index contributed by atoms with van der Waals surface area (Å²) in [4.78, 5) is 8.45. The third kappa shape index (κ3) is 2.99. The zero-order chi connectivity index (χ0) is 10.5. The largest absolute Gasteiger partial charge is 0.478 e. The summed E-state index contributed by atoms with van der Waals surface area (Å²) in [5.74, 6) is 3.68. The van der Waals surface area contributed by atoms with Gasteiger partial charge in [-0.3, -0.25) is 0 Å². The van der Waals surface area contributed by atoms with Gasteiger partial charge < -0.3 is 10.1 Å². The molecule has 4 nitrogen and oxygen atoms in total. The molecular formula is C10H15N3OS. The second-order valence-corrected chi connectivity index (χ2v) is 4.51. The van der Waals surface area contributed by atoms with Gasteiger partial charge in [-0.1, -0.05) is 0 Å². The van der Waals surface area contributed by atoms with Crippen LogP contribution in [-0.4, -0.2) is 34.1 Å². The lowest BCUT2D eigenvalue weighted by atomic mass is 10.3. The highest BCUT2D eigenvalue weighted by Gasteiger charge is 2.15. The molecule has 0 amide bonds. The van der Waals surface area contributed by atoms with Crippen LogP contribution in [0.25, 0.3) is 0 Å². The van der Waals surface area contributed by atoms with E-state index >= 15 is 0 Å². The van der Waals surface area contributed by atoms with Gasteiger partial charge in [-0.25, -0.2) is 4.98 Å². The van der Waals surface area contributed by atoms with Crippen LogP contribution in [0.3, 0.4) is 0 Å². The second-order valence-electron chi connectivity index (χ2n) is 3.36. The number of thioether (sulfide) groups is 1. The van der Waals surface area contributed by atoms with Gasteiger partial charge >= 0.3 is 0 Å². The van der Waals surface area contributed by atoms with Crippen molar-refractivity contribution >= 4 is 17.7 Å². The van der Waals surface area contributed by atoms with E-state index in [1.165, 1.54) is 12.2 Å². The molecule has 1 unspecified atom stereocenters. The van der Waals surface area contributed by atoms with Crippen molar-refractivity contribution in [1.29, 1.82) is 0 Å². The monoisotopic (exact) mass is 225 g/mol. The van der Waals surface area contributed by atoms with E-state index in [0.29, 0.717) is 24.5 Å². The Labute approximate surface area is 93.8 Å². The Morgan fingerprint density at radius 3 is 3.33 bits per heavy atom. The van der Waals surface area contributed by atoms with Crippen LogP contribution in [0.4, 0.5) is 5.95 Å². The molecular weight excluding hydrogens is 210 g/mol. The summed E-state index contributed by atoms with van der Waals surface area (Å²) in [5.41, 5.74) is 0. The van der Waals surface area contributed by atoms with E-state index in [0.717, 1.165) is 5.75 Å². The van der Waals surface area contributed by atoms with Gasteiger partial charge in [0.15, 0.2) is 0 Å². The van der Waals surface area contributed by atoms with Gasteiger partial charge in [-0.05, 0) is 19.1 Å². The van der Waals surface area contributed by atoms with E-state index in [4.69, 9.17) is 4.74 Å². The van der Waals surface area contributed by atoms with Crippen molar-refractivity contribution in [3.05, 3.63) is 12.3 Å². The normalized spacial score (nSPS) is 20.2. The highest BCUT2D eigenvalue weighted by molar-refractivity contribution is 7.99. The molecule has 1 atom stereocenters. The molecule has 1 aromatic heterocycles. The molecule has 0 radical (unpaired) electrons. The highest BCUT2D eigenvalue weighted by atomic mass is 32.2. The molecule has 0 aromatic carbocycles. The first-order chi connectivity index (χ1) is 7.38. The molecule has 1 aromatic rings. The molecule has 1 saturated heterocycles. The lowest BCUT2D eigenvalue weighted by Gasteiger charge is -2.11. The van der Waals surface area contributed by atoms with E-state index in [1.807, 2.05) is 18.7 Å². The number of anilines is 1. The zero-order valence-corrected chi connectivity index (χ0v) is 9.59. The first-order valence-corrected chi connectivity index (χ1v) is 6.34. The smallest absolute Gasteiger partial charge is 0.226 e. The molecule has 1 fully saturated rings. The molecule has 0 aliphatic carbocycles. The molecule has 1 aliphatic rings. The lowest BCUT2D eigenvalue weighted by molar-refractivity contribution is 0.326. The summed E-state index contributed by atoms with van der Waals surface area (Å²) in [6.45, 7) is 2.58. The lowest BCUT2D eigenvalue weighted by Crippen LogP contribution is -2.19. The number of rotatable bonds is 4. The summed E-state index contributed by atoms with van der Waals surface area (Å²) >= 11 is 1.97. The third-order valence-corrected chi connectivity index (χ3v) is 3.35. The number of hydrogen-bond acceptors (Lipinski definition) is 5. The number of nitrogens with one attached hydrogen (secondary N) is 1. The minimum absolute atomic E-state index is 0.506. The van der Waals surface area contributed by atoms with Crippen molar-refractivity contribution in [2.45, 2.75) is 19.4 Å². The van der Waals surface area contributed by atoms with Crippen LogP contribution in [0.5, 0.6) is 5.88 Å². The molecule has 0 spiro atoms. The Hall–Kier alpha value is -0.970. The maximum absolute atomic E-state index is 5.31. The van der Waals surface area contributed by atoms with Crippen molar-refractivity contribution in [3.8, 4) is 5.88 Å². The zero-order valence-electron chi connectivity index (χ0n) is 8.77. The van der Waals surface area contributed by atoms with Crippen molar-refractivity contribution < 1.29 is 4.74 Å². The Morgan fingerprint density at radius 2 is 2.60 bits per heavy atom. The van der Waals surface area contributed by atoms with Crippen molar-refractivity contribution in [2.75, 3.05) is 23.4 Å². The van der Waals surface area contributed by atoms with Crippen molar-refractivity contribution in [1.82, 2.24) is 9.97 Å². The molecule has 5 heteroatoms. The number of hydrogen-bond donors (Lipinski definition) is 1. The van der Waals surface area contributed by atoms with Gasteiger partial charge in [0, 0.05) is 24.1 Å². The fraction of sp³-hybridized carbons (Fsp3) is 0.600. The van der Waals surface area contributed by atoms with Gasteiger partial charge in [0.1, 0.15) is 0 Å². The van der Waals surface area contributed by atoms with E-state index in [2.05, 4.69) is 15.3 Å². The molecule has 2 rings (SSSR count). The van der Waals surface area contributed by atoms with E-state index in [1.54, 1.807) is 12.3 Å². The maximum Gasteiger partial charge on any atom is 0.226 e. The Balaban J connectivity index is 1.97. The predicted molar refractivity (Wildman–Crippen MR) is 62.6 cm³/mol. The van der Waals surface area contributed by atoms with Gasteiger partial charge in [0.2, 0.25) is 11.8 Å². The van der Waals surface area contributed by atoms with Crippen LogP contribution >= 0.6 is 11.8 Å². The van der Waals surface area contributed by atoms with E-state index in [9.17, 15) is 0 Å². The van der Waals surface area contributed by atoms with Gasteiger partial charge in [-0.2, -0.15) is 16.7 Å². The first kappa shape index (κ1) is 10.5. The average molecular weight is 225 g/mol. The molecule has 1 aliphatic heterocycles. The van der Waals surface area contributed by atoms with Crippen LogP contribution in [0.2, 0.25) is 0 Å². The Bertz CT molecular complexity index is 315. The fourth-order valence-corrected chi connectivity index (χ4v) is 2.62. The average Bonchev–Trinajstić information content (AvgIpc) is 2.71. The first-order valence-electron chi connectivity index (χ1n) is 5.18. The fourth-order valence-electron chi connectivity index (χ4n) is 1.47. The standard InChI is InChI=1S/C10H15N3OS/c1-2-14-9-3-5-11-10(13-9)12-8-4-6-15-7-8/h3,5,8H,2,4,6-7H2,1H3,(H,11,12,13). The van der Waals surface area contributed by atoms with Crippen molar-refractivity contribution in [2.24, 2.45) is 0 Å². The minimum Gasteiger partial charge on any atom is -0.478 e. The molecule has 1 N–H and O–H groups in total. The predicted octanol–water partition coefficient (Wildman–Crippen LogP) is 1.79. The molecule has 0 saturated carbocycles. The topological polar surface area (TPSA) is 47.0 Å². The summed E-state index contributed by atoms with van der Waals surface area (Å²) in [6, 6.07) is 2.28. The maximum atomic E-state index is 5.31. The number of ether oxygens (including phenoxy) is 1. The molecule has 2 heterocycles. The summed E-state index contributed by atoms with van der Waals surface area (Å²) < 4.78 is 5.31. The van der Waals surface area contributed by atoms with Gasteiger partial charge in [0.05, 0.1) is 6.61 Å². The SMILES string of the molecule is CCOc1ccnc(NC2CCSC2)n1. The Morgan fingerprint density at radius 1 is 1.67 bits per heavy atom. The third-order valence-electron chi connectivity index (χ3n) is 2.19. The van der Waals surface area contributed by atoms with Crippen molar-refractivity contribution in [3.63, 3.8) is 0 Å². The number of aromatic nitrogens is 2. The van der Waals surface area contributed by atoms with Crippen LogP contribution < -0.4 is 10.1 Å². The van der Waals surface area contributed by atoms with E-state index in [-0.39, 0.29) is 0 Å².